The Morgan fingerprint density at radius 2 is 1.67 bits per heavy atom. The molecule has 1 fully saturated rings. The van der Waals surface area contributed by atoms with E-state index in [9.17, 15) is 5.11 Å². The molecule has 5 unspecified atom stereocenters. The van der Waals surface area contributed by atoms with Crippen LogP contribution in [0.1, 0.15) is 0 Å². The zero-order chi connectivity index (χ0) is 11.4. The van der Waals surface area contributed by atoms with Crippen molar-refractivity contribution in [2.75, 3.05) is 27.9 Å². The molecule has 6 nitrogen and oxygen atoms in total. The summed E-state index contributed by atoms with van der Waals surface area (Å²) >= 11 is 0. The standard InChI is InChI=1S/C9H18O6/c1-12-7-6(11)5(4-10)15-9(14-3)8(7)13-2/h5-11H,4H2,1-3H3. The van der Waals surface area contributed by atoms with E-state index in [0.717, 1.165) is 0 Å². The van der Waals surface area contributed by atoms with Gasteiger partial charge in [0.15, 0.2) is 6.29 Å². The Hall–Kier alpha value is -0.240. The van der Waals surface area contributed by atoms with E-state index in [1.54, 1.807) is 0 Å². The molecule has 1 rings (SSSR count). The number of aliphatic hydroxyl groups is 2. The zero-order valence-corrected chi connectivity index (χ0v) is 9.12. The van der Waals surface area contributed by atoms with Gasteiger partial charge in [0.2, 0.25) is 0 Å². The summed E-state index contributed by atoms with van der Waals surface area (Å²) in [6.45, 7) is -0.294. The van der Waals surface area contributed by atoms with Crippen LogP contribution >= 0.6 is 0 Å². The lowest BCUT2D eigenvalue weighted by molar-refractivity contribution is -0.303. The molecule has 1 saturated heterocycles. The fourth-order valence-corrected chi connectivity index (χ4v) is 1.75. The second kappa shape index (κ2) is 5.74. The summed E-state index contributed by atoms with van der Waals surface area (Å²) in [7, 11) is 4.42. The van der Waals surface area contributed by atoms with Gasteiger partial charge in [-0.2, -0.15) is 0 Å². The third-order valence-electron chi connectivity index (χ3n) is 2.58. The summed E-state index contributed by atoms with van der Waals surface area (Å²) < 4.78 is 20.6. The van der Waals surface area contributed by atoms with Crippen LogP contribution in [-0.4, -0.2) is 68.9 Å². The Balaban J connectivity index is 2.78. The van der Waals surface area contributed by atoms with Crippen LogP contribution in [0.15, 0.2) is 0 Å². The van der Waals surface area contributed by atoms with Gasteiger partial charge < -0.3 is 29.2 Å². The molecule has 1 heterocycles. The minimum absolute atomic E-state index is 0.294. The summed E-state index contributed by atoms with van der Waals surface area (Å²) in [6.07, 6.45) is -3.40. The molecule has 0 bridgehead atoms. The molecule has 5 atom stereocenters. The number of hydrogen-bond acceptors (Lipinski definition) is 6. The Bertz CT molecular complexity index is 187. The molecule has 90 valence electrons. The molecule has 2 N–H and O–H groups in total. The van der Waals surface area contributed by atoms with E-state index in [2.05, 4.69) is 0 Å². The van der Waals surface area contributed by atoms with Gasteiger partial charge in [-0.25, -0.2) is 0 Å². The van der Waals surface area contributed by atoms with E-state index >= 15 is 0 Å². The van der Waals surface area contributed by atoms with Gasteiger partial charge in [-0.05, 0) is 0 Å². The highest BCUT2D eigenvalue weighted by molar-refractivity contribution is 4.90. The number of hydrogen-bond donors (Lipinski definition) is 2. The number of ether oxygens (including phenoxy) is 4. The first-order valence-electron chi connectivity index (χ1n) is 4.72. The van der Waals surface area contributed by atoms with Crippen molar-refractivity contribution in [3.8, 4) is 0 Å². The SMILES string of the molecule is COC1OC(CO)C(O)C(OC)C1OC. The number of aliphatic hydroxyl groups excluding tert-OH is 2. The number of rotatable bonds is 4. The van der Waals surface area contributed by atoms with E-state index in [1.807, 2.05) is 0 Å². The maximum absolute atomic E-state index is 9.80. The molecule has 0 aliphatic carbocycles. The normalized spacial score (nSPS) is 41.8. The predicted octanol–water partition coefficient (Wildman–Crippen LogP) is -1.26. The van der Waals surface area contributed by atoms with Crippen molar-refractivity contribution in [2.24, 2.45) is 0 Å². The van der Waals surface area contributed by atoms with Crippen LogP contribution in [0.5, 0.6) is 0 Å². The highest BCUT2D eigenvalue weighted by Gasteiger charge is 2.45. The first-order valence-corrected chi connectivity index (χ1v) is 4.72. The molecule has 15 heavy (non-hydrogen) atoms. The average molecular weight is 222 g/mol. The van der Waals surface area contributed by atoms with Gasteiger partial charge in [-0.1, -0.05) is 0 Å². The van der Waals surface area contributed by atoms with Crippen LogP contribution in [0.3, 0.4) is 0 Å². The van der Waals surface area contributed by atoms with Crippen LogP contribution in [0.4, 0.5) is 0 Å². The van der Waals surface area contributed by atoms with Gasteiger partial charge in [0.1, 0.15) is 24.4 Å². The molecular weight excluding hydrogens is 204 g/mol. The third-order valence-corrected chi connectivity index (χ3v) is 2.58. The number of methoxy groups -OCH3 is 3. The Labute approximate surface area is 88.7 Å². The smallest absolute Gasteiger partial charge is 0.186 e. The lowest BCUT2D eigenvalue weighted by Gasteiger charge is -2.42. The summed E-state index contributed by atoms with van der Waals surface area (Å²) in [5, 5.41) is 18.8. The minimum Gasteiger partial charge on any atom is -0.394 e. The molecule has 0 amide bonds. The Morgan fingerprint density at radius 1 is 1.07 bits per heavy atom. The van der Waals surface area contributed by atoms with Crippen molar-refractivity contribution in [3.05, 3.63) is 0 Å². The third kappa shape index (κ3) is 2.47. The van der Waals surface area contributed by atoms with Crippen LogP contribution in [0, 0.1) is 0 Å². The molecule has 1 aliphatic rings. The van der Waals surface area contributed by atoms with Crippen molar-refractivity contribution in [1.82, 2.24) is 0 Å². The van der Waals surface area contributed by atoms with Gasteiger partial charge in [-0.3, -0.25) is 0 Å². The molecule has 0 radical (unpaired) electrons. The van der Waals surface area contributed by atoms with Crippen LogP contribution in [-0.2, 0) is 18.9 Å². The molecule has 0 spiro atoms. The fraction of sp³-hybridized carbons (Fsp3) is 1.00. The van der Waals surface area contributed by atoms with Gasteiger partial charge in [-0.15, -0.1) is 0 Å². The van der Waals surface area contributed by atoms with Crippen molar-refractivity contribution in [3.63, 3.8) is 0 Å². The molecule has 0 saturated carbocycles. The van der Waals surface area contributed by atoms with Crippen LogP contribution in [0.2, 0.25) is 0 Å². The largest absolute Gasteiger partial charge is 0.394 e. The molecule has 0 aromatic heterocycles. The van der Waals surface area contributed by atoms with E-state index in [1.165, 1.54) is 21.3 Å². The fourth-order valence-electron chi connectivity index (χ4n) is 1.75. The van der Waals surface area contributed by atoms with Crippen molar-refractivity contribution in [1.29, 1.82) is 0 Å². The highest BCUT2D eigenvalue weighted by Crippen LogP contribution is 2.25. The minimum atomic E-state index is -0.934. The van der Waals surface area contributed by atoms with Crippen molar-refractivity contribution >= 4 is 0 Å². The van der Waals surface area contributed by atoms with Gasteiger partial charge in [0, 0.05) is 21.3 Å². The average Bonchev–Trinajstić information content (AvgIpc) is 2.28. The quantitative estimate of drug-likeness (QED) is 0.618. The van der Waals surface area contributed by atoms with E-state index in [4.69, 9.17) is 24.1 Å². The predicted molar refractivity (Wildman–Crippen MR) is 50.4 cm³/mol. The Morgan fingerprint density at radius 3 is 2.07 bits per heavy atom. The maximum Gasteiger partial charge on any atom is 0.186 e. The van der Waals surface area contributed by atoms with E-state index in [-0.39, 0.29) is 6.61 Å². The highest BCUT2D eigenvalue weighted by atomic mass is 16.7. The Kier molecular flexibility index (Phi) is 4.91. The zero-order valence-electron chi connectivity index (χ0n) is 9.12. The molecular formula is C9H18O6. The van der Waals surface area contributed by atoms with E-state index < -0.39 is 30.7 Å². The lowest BCUT2D eigenvalue weighted by atomic mass is 9.99. The summed E-state index contributed by atoms with van der Waals surface area (Å²) in [6, 6.07) is 0. The first-order chi connectivity index (χ1) is 7.19. The van der Waals surface area contributed by atoms with Gasteiger partial charge >= 0.3 is 0 Å². The molecule has 6 heteroatoms. The monoisotopic (exact) mass is 222 g/mol. The van der Waals surface area contributed by atoms with Crippen LogP contribution < -0.4 is 0 Å². The first kappa shape index (κ1) is 12.8. The second-order valence-electron chi connectivity index (χ2n) is 3.35. The maximum atomic E-state index is 9.80. The molecule has 0 aromatic carbocycles. The lowest BCUT2D eigenvalue weighted by Crippen LogP contribution is -2.60. The summed E-state index contributed by atoms with van der Waals surface area (Å²) in [5.74, 6) is 0. The van der Waals surface area contributed by atoms with E-state index in [0.29, 0.717) is 0 Å². The molecule has 0 aromatic rings. The van der Waals surface area contributed by atoms with Crippen LogP contribution in [0.25, 0.3) is 0 Å². The van der Waals surface area contributed by atoms with Crippen molar-refractivity contribution < 1.29 is 29.2 Å². The van der Waals surface area contributed by atoms with Gasteiger partial charge in [0.25, 0.3) is 0 Å². The summed E-state index contributed by atoms with van der Waals surface area (Å²) in [4.78, 5) is 0. The topological polar surface area (TPSA) is 77.4 Å². The summed E-state index contributed by atoms with van der Waals surface area (Å²) in [5.41, 5.74) is 0. The second-order valence-corrected chi connectivity index (χ2v) is 3.35. The van der Waals surface area contributed by atoms with Gasteiger partial charge in [0.05, 0.1) is 6.61 Å². The van der Waals surface area contributed by atoms with Crippen molar-refractivity contribution in [2.45, 2.75) is 30.7 Å². The molecule has 1 aliphatic heterocycles.